The molecule has 0 unspecified atom stereocenters. The summed E-state index contributed by atoms with van der Waals surface area (Å²) in [5, 5.41) is 10.8. The van der Waals surface area contributed by atoms with Crippen molar-refractivity contribution in [1.82, 2.24) is 20.4 Å². The molecule has 0 aliphatic heterocycles. The van der Waals surface area contributed by atoms with Gasteiger partial charge in [-0.2, -0.15) is 0 Å². The molecule has 0 radical (unpaired) electrons. The normalized spacial score (nSPS) is 11.5. The third-order valence-corrected chi connectivity index (χ3v) is 4.07. The van der Waals surface area contributed by atoms with Gasteiger partial charge in [0.15, 0.2) is 11.7 Å². The third-order valence-electron chi connectivity index (χ3n) is 4.07. The molecule has 0 aliphatic carbocycles. The van der Waals surface area contributed by atoms with Crippen LogP contribution in [0.5, 0.6) is 0 Å². The molecule has 2 aromatic heterocycles. The first-order chi connectivity index (χ1) is 11.7. The molecule has 0 aliphatic rings. The van der Waals surface area contributed by atoms with Gasteiger partial charge in [0.25, 0.3) is 0 Å². The van der Waals surface area contributed by atoms with Crippen LogP contribution in [0.4, 0.5) is 0 Å². The predicted molar refractivity (Wildman–Crippen MR) is 112 cm³/mol. The monoisotopic (exact) mass is 459 g/mol. The first kappa shape index (κ1) is 21.5. The van der Waals surface area contributed by atoms with Crippen LogP contribution in [-0.4, -0.2) is 22.2 Å². The first-order valence-electron chi connectivity index (χ1n) is 8.74. The number of halogens is 1. The standard InChI is InChI=1S/C18H29N5O.HI/c1-5-15(6-2)17-10-16(24-22-17)12-21-18(19-7-3)20-11-14-8-9-23(4)13-14;/h8-10,13,15H,5-7,11-12H2,1-4H3,(H2,19,20,21);1H. The minimum Gasteiger partial charge on any atom is -0.359 e. The molecule has 2 N–H and O–H groups in total. The lowest BCUT2D eigenvalue weighted by atomic mass is 9.99. The maximum Gasteiger partial charge on any atom is 0.191 e. The molecule has 6 nitrogen and oxygen atoms in total. The Morgan fingerprint density at radius 1 is 1.28 bits per heavy atom. The number of aryl methyl sites for hydroxylation is 1. The molecule has 2 rings (SSSR count). The molecule has 0 saturated carbocycles. The van der Waals surface area contributed by atoms with Gasteiger partial charge in [0.1, 0.15) is 0 Å². The Morgan fingerprint density at radius 2 is 2.04 bits per heavy atom. The van der Waals surface area contributed by atoms with Gasteiger partial charge in [0.2, 0.25) is 0 Å². The fourth-order valence-electron chi connectivity index (χ4n) is 2.65. The summed E-state index contributed by atoms with van der Waals surface area (Å²) in [5.74, 6) is 2.09. The fraction of sp³-hybridized carbons (Fsp3) is 0.556. The lowest BCUT2D eigenvalue weighted by Gasteiger charge is -2.09. The molecule has 2 heterocycles. The van der Waals surface area contributed by atoms with E-state index in [-0.39, 0.29) is 24.0 Å². The zero-order chi connectivity index (χ0) is 17.4. The maximum atomic E-state index is 5.45. The van der Waals surface area contributed by atoms with Crippen molar-refractivity contribution in [3.8, 4) is 0 Å². The Hall–Kier alpha value is -1.51. The highest BCUT2D eigenvalue weighted by atomic mass is 127. The van der Waals surface area contributed by atoms with Crippen LogP contribution in [0, 0.1) is 0 Å². The smallest absolute Gasteiger partial charge is 0.191 e. The molecular formula is C18H30IN5O. The molecule has 0 amide bonds. The second-order valence-corrected chi connectivity index (χ2v) is 5.97. The molecule has 0 saturated heterocycles. The summed E-state index contributed by atoms with van der Waals surface area (Å²) in [7, 11) is 2.01. The molecular weight excluding hydrogens is 429 g/mol. The number of rotatable bonds is 8. The van der Waals surface area contributed by atoms with Gasteiger partial charge in [-0.05, 0) is 31.4 Å². The molecule has 7 heteroatoms. The zero-order valence-electron chi connectivity index (χ0n) is 15.6. The van der Waals surface area contributed by atoms with E-state index in [1.54, 1.807) is 0 Å². The van der Waals surface area contributed by atoms with Crippen molar-refractivity contribution >= 4 is 29.9 Å². The maximum absolute atomic E-state index is 5.45. The van der Waals surface area contributed by atoms with Crippen molar-refractivity contribution in [2.45, 2.75) is 52.6 Å². The van der Waals surface area contributed by atoms with E-state index in [0.717, 1.165) is 36.8 Å². The van der Waals surface area contributed by atoms with Crippen LogP contribution >= 0.6 is 24.0 Å². The molecule has 0 aromatic carbocycles. The van der Waals surface area contributed by atoms with E-state index >= 15 is 0 Å². The number of guanidine groups is 1. The molecule has 0 spiro atoms. The predicted octanol–water partition coefficient (Wildman–Crippen LogP) is 3.79. The number of hydrogen-bond donors (Lipinski definition) is 2. The van der Waals surface area contributed by atoms with Crippen LogP contribution in [0.1, 0.15) is 56.5 Å². The third kappa shape index (κ3) is 6.72. The highest BCUT2D eigenvalue weighted by molar-refractivity contribution is 14.0. The summed E-state index contributed by atoms with van der Waals surface area (Å²) >= 11 is 0. The van der Waals surface area contributed by atoms with Crippen molar-refractivity contribution in [1.29, 1.82) is 0 Å². The van der Waals surface area contributed by atoms with Crippen LogP contribution in [-0.2, 0) is 20.1 Å². The summed E-state index contributed by atoms with van der Waals surface area (Å²) < 4.78 is 7.47. The summed E-state index contributed by atoms with van der Waals surface area (Å²) in [5.41, 5.74) is 2.23. The van der Waals surface area contributed by atoms with E-state index in [9.17, 15) is 0 Å². The molecule has 0 fully saturated rings. The molecule has 0 atom stereocenters. The summed E-state index contributed by atoms with van der Waals surface area (Å²) in [6, 6.07) is 4.12. The Kier molecular flexibility index (Phi) is 9.62. The molecule has 0 bridgehead atoms. The van der Waals surface area contributed by atoms with Crippen LogP contribution < -0.4 is 10.6 Å². The van der Waals surface area contributed by atoms with Gasteiger partial charge in [-0.15, -0.1) is 24.0 Å². The summed E-state index contributed by atoms with van der Waals surface area (Å²) in [4.78, 5) is 4.61. The van der Waals surface area contributed by atoms with Crippen molar-refractivity contribution in [2.24, 2.45) is 12.0 Å². The van der Waals surface area contributed by atoms with Gasteiger partial charge < -0.3 is 19.7 Å². The van der Waals surface area contributed by atoms with Crippen LogP contribution in [0.2, 0.25) is 0 Å². The quantitative estimate of drug-likeness (QED) is 0.358. The largest absolute Gasteiger partial charge is 0.359 e. The van der Waals surface area contributed by atoms with Gasteiger partial charge in [0.05, 0.1) is 18.8 Å². The van der Waals surface area contributed by atoms with Gasteiger partial charge in [-0.25, -0.2) is 4.99 Å². The molecule has 25 heavy (non-hydrogen) atoms. The van der Waals surface area contributed by atoms with E-state index in [1.165, 1.54) is 5.56 Å². The van der Waals surface area contributed by atoms with Crippen molar-refractivity contribution < 1.29 is 4.52 Å². The highest BCUT2D eigenvalue weighted by Crippen LogP contribution is 2.22. The van der Waals surface area contributed by atoms with Crippen molar-refractivity contribution in [3.05, 3.63) is 41.5 Å². The Labute approximate surface area is 167 Å². The molecule has 2 aromatic rings. The van der Waals surface area contributed by atoms with Crippen molar-refractivity contribution in [2.75, 3.05) is 6.54 Å². The van der Waals surface area contributed by atoms with Crippen LogP contribution in [0.15, 0.2) is 34.0 Å². The van der Waals surface area contributed by atoms with E-state index in [0.29, 0.717) is 19.0 Å². The fourth-order valence-corrected chi connectivity index (χ4v) is 2.65. The van der Waals surface area contributed by atoms with E-state index in [1.807, 2.05) is 23.9 Å². The van der Waals surface area contributed by atoms with Gasteiger partial charge in [-0.3, -0.25) is 0 Å². The average Bonchev–Trinajstić information content (AvgIpc) is 3.21. The Morgan fingerprint density at radius 3 is 2.64 bits per heavy atom. The first-order valence-corrected chi connectivity index (χ1v) is 8.74. The number of aromatic nitrogens is 2. The van der Waals surface area contributed by atoms with E-state index in [4.69, 9.17) is 4.52 Å². The van der Waals surface area contributed by atoms with E-state index < -0.39 is 0 Å². The number of aliphatic imine (C=N–C) groups is 1. The lowest BCUT2D eigenvalue weighted by Crippen LogP contribution is -2.36. The highest BCUT2D eigenvalue weighted by Gasteiger charge is 2.13. The number of hydrogen-bond acceptors (Lipinski definition) is 3. The second kappa shape index (κ2) is 11.2. The number of nitrogens with one attached hydrogen (secondary N) is 2. The van der Waals surface area contributed by atoms with Crippen LogP contribution in [0.25, 0.3) is 0 Å². The lowest BCUT2D eigenvalue weighted by molar-refractivity contribution is 0.368. The average molecular weight is 459 g/mol. The van der Waals surface area contributed by atoms with Gasteiger partial charge in [-0.1, -0.05) is 19.0 Å². The molecule has 140 valence electrons. The van der Waals surface area contributed by atoms with E-state index in [2.05, 4.69) is 53.8 Å². The minimum atomic E-state index is 0. The summed E-state index contributed by atoms with van der Waals surface area (Å²) in [6.07, 6.45) is 6.26. The SMILES string of the molecule is CCNC(=NCc1ccn(C)c1)NCc1cc(C(CC)CC)no1.I. The topological polar surface area (TPSA) is 67.4 Å². The van der Waals surface area contributed by atoms with Gasteiger partial charge in [0, 0.05) is 38.0 Å². The Balaban J connectivity index is 0.00000312. The van der Waals surface area contributed by atoms with Gasteiger partial charge >= 0.3 is 0 Å². The Bertz CT molecular complexity index is 645. The second-order valence-electron chi connectivity index (χ2n) is 5.97. The van der Waals surface area contributed by atoms with Crippen molar-refractivity contribution in [3.63, 3.8) is 0 Å². The minimum absolute atomic E-state index is 0. The summed E-state index contributed by atoms with van der Waals surface area (Å²) in [6.45, 7) is 8.45. The van der Waals surface area contributed by atoms with Crippen LogP contribution in [0.3, 0.4) is 0 Å². The zero-order valence-corrected chi connectivity index (χ0v) is 17.9. The number of nitrogens with zero attached hydrogens (tertiary/aromatic N) is 3.